The van der Waals surface area contributed by atoms with Gasteiger partial charge in [0.15, 0.2) is 0 Å². The van der Waals surface area contributed by atoms with E-state index < -0.39 is 5.97 Å². The molecule has 2 atom stereocenters. The second-order valence-electron chi connectivity index (χ2n) is 3.17. The highest BCUT2D eigenvalue weighted by Crippen LogP contribution is 2.34. The Morgan fingerprint density at radius 3 is 3.00 bits per heavy atom. The van der Waals surface area contributed by atoms with Crippen molar-refractivity contribution in [3.8, 4) is 0 Å². The van der Waals surface area contributed by atoms with Crippen molar-refractivity contribution in [1.82, 2.24) is 5.32 Å². The quantitative estimate of drug-likeness (QED) is 0.622. The summed E-state index contributed by atoms with van der Waals surface area (Å²) in [5.41, 5.74) is 0. The van der Waals surface area contributed by atoms with E-state index in [2.05, 4.69) is 12.2 Å². The van der Waals surface area contributed by atoms with Gasteiger partial charge in [0.1, 0.15) is 0 Å². The number of nitrogens with one attached hydrogen (secondary N) is 1. The van der Waals surface area contributed by atoms with Crippen LogP contribution in [0, 0.1) is 5.92 Å². The molecule has 0 aromatic heterocycles. The van der Waals surface area contributed by atoms with Crippen molar-refractivity contribution in [3.63, 3.8) is 0 Å². The number of aliphatic carboxylic acids is 1. The summed E-state index contributed by atoms with van der Waals surface area (Å²) < 4.78 is 0. The number of carboxylic acids is 1. The lowest BCUT2D eigenvalue weighted by molar-refractivity contribution is -0.136. The molecule has 1 saturated carbocycles. The van der Waals surface area contributed by atoms with E-state index in [-0.39, 0.29) is 6.54 Å². The maximum atomic E-state index is 10.1. The molecule has 1 fully saturated rings. The second kappa shape index (κ2) is 3.72. The van der Waals surface area contributed by atoms with Crippen molar-refractivity contribution in [2.24, 2.45) is 5.92 Å². The summed E-state index contributed by atoms with van der Waals surface area (Å²) in [6.45, 7) is 2.28. The van der Waals surface area contributed by atoms with Crippen molar-refractivity contribution in [2.75, 3.05) is 6.54 Å². The third-order valence-electron chi connectivity index (χ3n) is 2.10. The van der Waals surface area contributed by atoms with Gasteiger partial charge in [-0.3, -0.25) is 4.79 Å². The van der Waals surface area contributed by atoms with E-state index in [9.17, 15) is 4.79 Å². The van der Waals surface area contributed by atoms with E-state index in [1.54, 1.807) is 0 Å². The fourth-order valence-corrected chi connectivity index (χ4v) is 1.41. The van der Waals surface area contributed by atoms with Gasteiger partial charge in [0.05, 0.1) is 6.54 Å². The van der Waals surface area contributed by atoms with Crippen LogP contribution in [0.25, 0.3) is 0 Å². The van der Waals surface area contributed by atoms with Crippen LogP contribution in [-0.2, 0) is 4.79 Å². The van der Waals surface area contributed by atoms with E-state index in [4.69, 9.17) is 5.11 Å². The molecule has 0 amide bonds. The Morgan fingerprint density at radius 2 is 2.45 bits per heavy atom. The molecule has 0 radical (unpaired) electrons. The molecule has 11 heavy (non-hydrogen) atoms. The zero-order chi connectivity index (χ0) is 8.27. The molecule has 2 N–H and O–H groups in total. The molecule has 0 heterocycles. The Labute approximate surface area is 66.8 Å². The Balaban J connectivity index is 2.00. The Bertz CT molecular complexity index is 147. The SMILES string of the molecule is CCCC1CC1NCC(=O)O. The van der Waals surface area contributed by atoms with Gasteiger partial charge >= 0.3 is 5.97 Å². The summed E-state index contributed by atoms with van der Waals surface area (Å²) in [5.74, 6) is -0.00787. The molecule has 1 aliphatic carbocycles. The largest absolute Gasteiger partial charge is 0.480 e. The summed E-state index contributed by atoms with van der Waals surface area (Å²) in [6, 6.07) is 0.492. The summed E-state index contributed by atoms with van der Waals surface area (Å²) in [4.78, 5) is 10.1. The lowest BCUT2D eigenvalue weighted by atomic mass is 10.2. The molecule has 0 saturated heterocycles. The number of carboxylic acid groups (broad SMARTS) is 1. The summed E-state index contributed by atoms with van der Waals surface area (Å²) in [5, 5.41) is 11.3. The minimum Gasteiger partial charge on any atom is -0.480 e. The van der Waals surface area contributed by atoms with Crippen molar-refractivity contribution >= 4 is 5.97 Å². The third-order valence-corrected chi connectivity index (χ3v) is 2.10. The number of hydrogen-bond acceptors (Lipinski definition) is 2. The van der Waals surface area contributed by atoms with E-state index in [1.165, 1.54) is 19.3 Å². The number of rotatable bonds is 5. The van der Waals surface area contributed by atoms with Crippen LogP contribution in [0.3, 0.4) is 0 Å². The molecule has 0 aromatic carbocycles. The fourth-order valence-electron chi connectivity index (χ4n) is 1.41. The lowest BCUT2D eigenvalue weighted by Gasteiger charge is -1.98. The topological polar surface area (TPSA) is 49.3 Å². The van der Waals surface area contributed by atoms with Gasteiger partial charge in [0.25, 0.3) is 0 Å². The Kier molecular flexibility index (Phi) is 2.88. The highest BCUT2D eigenvalue weighted by molar-refractivity contribution is 5.69. The van der Waals surface area contributed by atoms with Gasteiger partial charge < -0.3 is 10.4 Å². The predicted octanol–water partition coefficient (Wildman–Crippen LogP) is 0.849. The molecule has 64 valence electrons. The molecule has 1 rings (SSSR count). The van der Waals surface area contributed by atoms with Crippen LogP contribution in [-0.4, -0.2) is 23.7 Å². The zero-order valence-electron chi connectivity index (χ0n) is 6.84. The fraction of sp³-hybridized carbons (Fsp3) is 0.875. The molecule has 0 aliphatic heterocycles. The molecular weight excluding hydrogens is 142 g/mol. The van der Waals surface area contributed by atoms with Gasteiger partial charge in [-0.2, -0.15) is 0 Å². The standard InChI is InChI=1S/C8H15NO2/c1-2-3-6-4-7(6)9-5-8(10)11/h6-7,9H,2-5H2,1H3,(H,10,11). The molecule has 1 aliphatic rings. The first kappa shape index (κ1) is 8.53. The van der Waals surface area contributed by atoms with Gasteiger partial charge in [-0.05, 0) is 18.8 Å². The highest BCUT2D eigenvalue weighted by Gasteiger charge is 2.35. The van der Waals surface area contributed by atoms with E-state index >= 15 is 0 Å². The van der Waals surface area contributed by atoms with E-state index in [0.29, 0.717) is 6.04 Å². The molecule has 2 unspecified atom stereocenters. The Morgan fingerprint density at radius 1 is 1.73 bits per heavy atom. The average molecular weight is 157 g/mol. The van der Waals surface area contributed by atoms with Crippen LogP contribution < -0.4 is 5.32 Å². The summed E-state index contributed by atoms with van der Waals surface area (Å²) >= 11 is 0. The van der Waals surface area contributed by atoms with Crippen molar-refractivity contribution in [1.29, 1.82) is 0 Å². The Hall–Kier alpha value is -0.570. The summed E-state index contributed by atoms with van der Waals surface area (Å²) in [6.07, 6.45) is 3.61. The average Bonchev–Trinajstić information content (AvgIpc) is 2.64. The first-order valence-corrected chi connectivity index (χ1v) is 4.19. The molecule has 0 bridgehead atoms. The summed E-state index contributed by atoms with van der Waals surface area (Å²) in [7, 11) is 0. The zero-order valence-corrected chi connectivity index (χ0v) is 6.84. The second-order valence-corrected chi connectivity index (χ2v) is 3.17. The first-order chi connectivity index (χ1) is 5.24. The lowest BCUT2D eigenvalue weighted by Crippen LogP contribution is -2.25. The van der Waals surface area contributed by atoms with E-state index in [0.717, 1.165) is 5.92 Å². The monoisotopic (exact) mass is 157 g/mol. The third kappa shape index (κ3) is 2.89. The van der Waals surface area contributed by atoms with Gasteiger partial charge in [0.2, 0.25) is 0 Å². The van der Waals surface area contributed by atoms with E-state index in [1.807, 2.05) is 0 Å². The molecule has 3 heteroatoms. The minimum atomic E-state index is -0.757. The van der Waals surface area contributed by atoms with Crippen LogP contribution >= 0.6 is 0 Å². The van der Waals surface area contributed by atoms with Gasteiger partial charge in [-0.1, -0.05) is 13.3 Å². The van der Waals surface area contributed by atoms with Crippen LogP contribution in [0.4, 0.5) is 0 Å². The number of carbonyl (C=O) groups is 1. The normalized spacial score (nSPS) is 28.5. The van der Waals surface area contributed by atoms with Gasteiger partial charge in [-0.25, -0.2) is 0 Å². The maximum absolute atomic E-state index is 10.1. The first-order valence-electron chi connectivity index (χ1n) is 4.19. The highest BCUT2D eigenvalue weighted by atomic mass is 16.4. The van der Waals surface area contributed by atoms with Crippen molar-refractivity contribution in [2.45, 2.75) is 32.2 Å². The van der Waals surface area contributed by atoms with Crippen LogP contribution in [0.2, 0.25) is 0 Å². The van der Waals surface area contributed by atoms with Crippen molar-refractivity contribution < 1.29 is 9.90 Å². The molecule has 0 spiro atoms. The minimum absolute atomic E-state index is 0.116. The van der Waals surface area contributed by atoms with Crippen LogP contribution in [0.5, 0.6) is 0 Å². The van der Waals surface area contributed by atoms with Crippen LogP contribution in [0.1, 0.15) is 26.2 Å². The maximum Gasteiger partial charge on any atom is 0.317 e. The number of hydrogen-bond donors (Lipinski definition) is 2. The van der Waals surface area contributed by atoms with Crippen molar-refractivity contribution in [3.05, 3.63) is 0 Å². The van der Waals surface area contributed by atoms with Gasteiger partial charge in [-0.15, -0.1) is 0 Å². The molecule has 3 nitrogen and oxygen atoms in total. The smallest absolute Gasteiger partial charge is 0.317 e. The van der Waals surface area contributed by atoms with Crippen LogP contribution in [0.15, 0.2) is 0 Å². The van der Waals surface area contributed by atoms with Gasteiger partial charge in [0, 0.05) is 6.04 Å². The predicted molar refractivity (Wildman–Crippen MR) is 42.4 cm³/mol. The molecular formula is C8H15NO2. The molecule has 0 aromatic rings.